The summed E-state index contributed by atoms with van der Waals surface area (Å²) in [4.78, 5) is 24.3. The predicted octanol–water partition coefficient (Wildman–Crippen LogP) is -1.42. The van der Waals surface area contributed by atoms with Gasteiger partial charge < -0.3 is 20.2 Å². The maximum absolute atomic E-state index is 11.7. The fourth-order valence-corrected chi connectivity index (χ4v) is 2.21. The van der Waals surface area contributed by atoms with Crippen molar-refractivity contribution in [1.82, 2.24) is 4.90 Å². The number of hydrogen-bond acceptors (Lipinski definition) is 6. The van der Waals surface area contributed by atoms with Crippen molar-refractivity contribution >= 4 is 24.3 Å². The first-order valence-electron chi connectivity index (χ1n) is 5.82. The third-order valence-electron chi connectivity index (χ3n) is 3.27. The normalized spacial score (nSPS) is 32.4. The summed E-state index contributed by atoms with van der Waals surface area (Å²) in [6.45, 7) is 0.794. The van der Waals surface area contributed by atoms with E-state index in [9.17, 15) is 24.9 Å². The Kier molecular flexibility index (Phi) is 5.15. The zero-order chi connectivity index (χ0) is 13.9. The molecule has 1 heterocycles. The predicted molar refractivity (Wildman–Crippen MR) is 67.3 cm³/mol. The first kappa shape index (κ1) is 15.4. The van der Waals surface area contributed by atoms with E-state index >= 15 is 0 Å². The third kappa shape index (κ3) is 2.85. The van der Waals surface area contributed by atoms with Gasteiger partial charge in [-0.25, -0.2) is 0 Å². The van der Waals surface area contributed by atoms with Crippen LogP contribution in [-0.2, 0) is 9.59 Å². The van der Waals surface area contributed by atoms with Crippen LogP contribution in [0.3, 0.4) is 0 Å². The maximum Gasteiger partial charge on any atom is 0.222 e. The van der Waals surface area contributed by atoms with Crippen molar-refractivity contribution in [1.29, 1.82) is 0 Å². The summed E-state index contributed by atoms with van der Waals surface area (Å²) in [7, 11) is 0. The molecule has 0 aliphatic carbocycles. The lowest BCUT2D eigenvalue weighted by atomic mass is 9.82. The van der Waals surface area contributed by atoms with E-state index in [4.69, 9.17) is 0 Å². The average molecular weight is 277 g/mol. The van der Waals surface area contributed by atoms with Gasteiger partial charge in [-0.15, -0.1) is 0 Å². The molecule has 18 heavy (non-hydrogen) atoms. The summed E-state index contributed by atoms with van der Waals surface area (Å²) < 4.78 is 0. The second kappa shape index (κ2) is 6.01. The second-order valence-corrected chi connectivity index (χ2v) is 4.99. The van der Waals surface area contributed by atoms with Gasteiger partial charge in [0, 0.05) is 6.42 Å². The van der Waals surface area contributed by atoms with Crippen LogP contribution in [0.15, 0.2) is 0 Å². The summed E-state index contributed by atoms with van der Waals surface area (Å²) >= 11 is 3.99. The molecule has 6 nitrogen and oxygen atoms in total. The number of carbonyl (C=O) groups excluding carboxylic acids is 2. The maximum atomic E-state index is 11.7. The Morgan fingerprint density at radius 1 is 1.33 bits per heavy atom. The number of likely N-dealkylation sites (tertiary alicyclic amines) is 1. The molecular weight excluding hydrogens is 258 g/mol. The summed E-state index contributed by atoms with van der Waals surface area (Å²) in [5.41, 5.74) is -2.18. The molecule has 104 valence electrons. The number of nitrogens with zero attached hydrogens (tertiary/aromatic N) is 1. The van der Waals surface area contributed by atoms with E-state index in [0.717, 1.165) is 6.92 Å². The van der Waals surface area contributed by atoms with Crippen LogP contribution >= 0.6 is 12.6 Å². The number of amides is 1. The minimum Gasteiger partial charge on any atom is -0.388 e. The van der Waals surface area contributed by atoms with Gasteiger partial charge in [0.05, 0.1) is 13.1 Å². The molecule has 1 amide bonds. The number of β-amino-alcohol motifs (C(OH)–C–C–N with tert-alkyl or cyclic N) is 2. The molecular formula is C11H19NO5S. The Labute approximate surface area is 111 Å². The van der Waals surface area contributed by atoms with E-state index in [1.165, 1.54) is 4.90 Å². The number of aliphatic hydroxyl groups is 3. The SMILES string of the molecule is CC(=O)C1(O)C(O)CN(C(=O)CCCS)CC1O. The first-order valence-corrected chi connectivity index (χ1v) is 6.45. The monoisotopic (exact) mass is 277 g/mol. The average Bonchev–Trinajstić information content (AvgIpc) is 2.31. The Bertz CT molecular complexity index is 323. The van der Waals surface area contributed by atoms with E-state index < -0.39 is 23.6 Å². The quantitative estimate of drug-likeness (QED) is 0.473. The fraction of sp³-hybridized carbons (Fsp3) is 0.818. The number of carbonyl (C=O) groups is 2. The zero-order valence-electron chi connectivity index (χ0n) is 10.2. The minimum atomic E-state index is -2.18. The Hall–Kier alpha value is -0.630. The highest BCUT2D eigenvalue weighted by atomic mass is 32.1. The van der Waals surface area contributed by atoms with Crippen LogP contribution in [-0.4, -0.2) is 68.6 Å². The van der Waals surface area contributed by atoms with Crippen LogP contribution in [0.4, 0.5) is 0 Å². The molecule has 0 spiro atoms. The molecule has 1 saturated heterocycles. The first-order chi connectivity index (χ1) is 8.33. The van der Waals surface area contributed by atoms with Crippen molar-refractivity contribution in [2.45, 2.75) is 37.6 Å². The van der Waals surface area contributed by atoms with Gasteiger partial charge in [-0.3, -0.25) is 9.59 Å². The number of Topliss-reactive ketones (excluding diaryl/α,β-unsaturated/α-hetero) is 1. The standard InChI is InChI=1S/C11H19NO5S/c1-7(13)11(17)8(14)5-12(6-9(11)15)10(16)3-2-4-18/h8-9,14-15,17-18H,2-6H2,1H3. The second-order valence-electron chi connectivity index (χ2n) is 4.54. The van der Waals surface area contributed by atoms with E-state index in [2.05, 4.69) is 12.6 Å². The van der Waals surface area contributed by atoms with Gasteiger partial charge in [0.1, 0.15) is 12.2 Å². The molecule has 2 atom stereocenters. The van der Waals surface area contributed by atoms with Crippen LogP contribution in [0.2, 0.25) is 0 Å². The van der Waals surface area contributed by atoms with Crippen LogP contribution in [0.1, 0.15) is 19.8 Å². The van der Waals surface area contributed by atoms with Crippen molar-refractivity contribution < 1.29 is 24.9 Å². The summed E-state index contributed by atoms with van der Waals surface area (Å²) in [5.74, 6) is -0.361. The number of thiol groups is 1. The molecule has 0 aromatic rings. The lowest BCUT2D eigenvalue weighted by Gasteiger charge is -2.43. The van der Waals surface area contributed by atoms with Crippen LogP contribution in [0.25, 0.3) is 0 Å². The highest BCUT2D eigenvalue weighted by Crippen LogP contribution is 2.25. The Morgan fingerprint density at radius 3 is 2.22 bits per heavy atom. The molecule has 1 aliphatic rings. The highest BCUT2D eigenvalue weighted by molar-refractivity contribution is 7.80. The van der Waals surface area contributed by atoms with Crippen molar-refractivity contribution in [3.05, 3.63) is 0 Å². The number of hydrogen-bond donors (Lipinski definition) is 4. The smallest absolute Gasteiger partial charge is 0.222 e. The van der Waals surface area contributed by atoms with Gasteiger partial charge in [-0.1, -0.05) is 0 Å². The fourth-order valence-electron chi connectivity index (χ4n) is 2.05. The number of aliphatic hydroxyl groups excluding tert-OH is 2. The van der Waals surface area contributed by atoms with Crippen molar-refractivity contribution in [2.75, 3.05) is 18.8 Å². The molecule has 2 unspecified atom stereocenters. The topological polar surface area (TPSA) is 98.1 Å². The third-order valence-corrected chi connectivity index (χ3v) is 3.58. The van der Waals surface area contributed by atoms with Gasteiger partial charge in [-0.2, -0.15) is 12.6 Å². The molecule has 1 aliphatic heterocycles. The molecule has 0 saturated carbocycles. The van der Waals surface area contributed by atoms with E-state index in [-0.39, 0.29) is 25.4 Å². The van der Waals surface area contributed by atoms with E-state index in [1.54, 1.807) is 0 Å². The van der Waals surface area contributed by atoms with Gasteiger partial charge in [0.15, 0.2) is 11.4 Å². The number of piperidine rings is 1. The summed E-state index contributed by atoms with van der Waals surface area (Å²) in [6, 6.07) is 0. The molecule has 0 aromatic carbocycles. The Balaban J connectivity index is 2.73. The molecule has 7 heteroatoms. The Morgan fingerprint density at radius 2 is 1.83 bits per heavy atom. The molecule has 0 aromatic heterocycles. The van der Waals surface area contributed by atoms with Crippen LogP contribution in [0, 0.1) is 0 Å². The van der Waals surface area contributed by atoms with E-state index in [0.29, 0.717) is 12.2 Å². The minimum absolute atomic E-state index is 0.154. The molecule has 0 radical (unpaired) electrons. The van der Waals surface area contributed by atoms with Crippen LogP contribution < -0.4 is 0 Å². The lowest BCUT2D eigenvalue weighted by molar-refractivity contribution is -0.192. The van der Waals surface area contributed by atoms with Crippen molar-refractivity contribution in [3.63, 3.8) is 0 Å². The number of rotatable bonds is 4. The summed E-state index contributed by atoms with van der Waals surface area (Å²) in [6.07, 6.45) is -2.08. The lowest BCUT2D eigenvalue weighted by Crippen LogP contribution is -2.68. The zero-order valence-corrected chi connectivity index (χ0v) is 11.1. The van der Waals surface area contributed by atoms with E-state index in [1.807, 2.05) is 0 Å². The van der Waals surface area contributed by atoms with Gasteiger partial charge >= 0.3 is 0 Å². The summed E-state index contributed by atoms with van der Waals surface area (Å²) in [5, 5.41) is 29.5. The van der Waals surface area contributed by atoms with Gasteiger partial charge in [0.2, 0.25) is 5.91 Å². The number of ketones is 1. The largest absolute Gasteiger partial charge is 0.388 e. The van der Waals surface area contributed by atoms with Crippen molar-refractivity contribution in [3.8, 4) is 0 Å². The van der Waals surface area contributed by atoms with Gasteiger partial charge in [-0.05, 0) is 19.1 Å². The molecule has 1 fully saturated rings. The van der Waals surface area contributed by atoms with Crippen molar-refractivity contribution in [2.24, 2.45) is 0 Å². The highest BCUT2D eigenvalue weighted by Gasteiger charge is 2.52. The molecule has 1 rings (SSSR count). The molecule has 0 bridgehead atoms. The molecule has 3 N–H and O–H groups in total. The van der Waals surface area contributed by atoms with Gasteiger partial charge in [0.25, 0.3) is 0 Å². The van der Waals surface area contributed by atoms with Crippen LogP contribution in [0.5, 0.6) is 0 Å².